The van der Waals surface area contributed by atoms with Gasteiger partial charge in [-0.05, 0) is 31.2 Å². The number of carbonyl (C=O) groups is 1. The van der Waals surface area contributed by atoms with Gasteiger partial charge in [-0.2, -0.15) is 0 Å². The maximum Gasteiger partial charge on any atom is 0.260 e. The number of hydrogen-bond acceptors (Lipinski definition) is 5. The second-order valence-corrected chi connectivity index (χ2v) is 6.33. The standard InChI is InChI=1S/C12H12N2O2S2/c15-5-6-17-12-13-10(16)9-7-3-1-2-4-8(7)18-11(9)14-12/h5H,1-4,6H2,(H,13,14,16). The van der Waals surface area contributed by atoms with E-state index in [4.69, 9.17) is 0 Å². The number of aryl methyl sites for hydroxylation is 2. The van der Waals surface area contributed by atoms with E-state index in [9.17, 15) is 9.59 Å². The van der Waals surface area contributed by atoms with Gasteiger partial charge >= 0.3 is 0 Å². The van der Waals surface area contributed by atoms with Gasteiger partial charge in [0.1, 0.15) is 11.1 Å². The van der Waals surface area contributed by atoms with E-state index in [2.05, 4.69) is 9.97 Å². The minimum Gasteiger partial charge on any atom is -0.302 e. The lowest BCUT2D eigenvalue weighted by Gasteiger charge is -2.09. The topological polar surface area (TPSA) is 62.8 Å². The van der Waals surface area contributed by atoms with Gasteiger partial charge in [0.05, 0.1) is 11.1 Å². The molecule has 1 aliphatic carbocycles. The summed E-state index contributed by atoms with van der Waals surface area (Å²) in [7, 11) is 0. The highest BCUT2D eigenvalue weighted by Gasteiger charge is 2.19. The Morgan fingerprint density at radius 2 is 2.22 bits per heavy atom. The fourth-order valence-corrected chi connectivity index (χ4v) is 4.19. The molecule has 0 fully saturated rings. The first-order valence-corrected chi connectivity index (χ1v) is 7.71. The molecule has 0 amide bonds. The van der Waals surface area contributed by atoms with E-state index in [1.807, 2.05) is 0 Å². The van der Waals surface area contributed by atoms with Crippen molar-refractivity contribution in [1.82, 2.24) is 9.97 Å². The Hall–Kier alpha value is -1.14. The summed E-state index contributed by atoms with van der Waals surface area (Å²) in [6.07, 6.45) is 5.21. The highest BCUT2D eigenvalue weighted by atomic mass is 32.2. The number of nitrogens with zero attached hydrogens (tertiary/aromatic N) is 1. The van der Waals surface area contributed by atoms with Crippen molar-refractivity contribution in [2.24, 2.45) is 0 Å². The first-order valence-electron chi connectivity index (χ1n) is 5.90. The van der Waals surface area contributed by atoms with Crippen molar-refractivity contribution < 1.29 is 4.79 Å². The Morgan fingerprint density at radius 1 is 1.39 bits per heavy atom. The van der Waals surface area contributed by atoms with E-state index in [0.717, 1.165) is 35.8 Å². The van der Waals surface area contributed by atoms with Gasteiger partial charge in [0.15, 0.2) is 5.16 Å². The van der Waals surface area contributed by atoms with Gasteiger partial charge in [0.25, 0.3) is 5.56 Å². The number of aromatic nitrogens is 2. The molecule has 6 heteroatoms. The Bertz CT molecular complexity index is 660. The second-order valence-electron chi connectivity index (χ2n) is 4.24. The molecule has 2 aromatic rings. The average molecular weight is 280 g/mol. The SMILES string of the molecule is O=CCSc1nc2sc3c(c2c(=O)[nH]1)CCCC3. The van der Waals surface area contributed by atoms with Crippen LogP contribution in [0, 0.1) is 0 Å². The van der Waals surface area contributed by atoms with E-state index >= 15 is 0 Å². The molecule has 1 aliphatic rings. The first-order chi connectivity index (χ1) is 8.79. The molecule has 0 radical (unpaired) electrons. The summed E-state index contributed by atoms with van der Waals surface area (Å²) >= 11 is 2.90. The number of thiophene rings is 1. The molecular weight excluding hydrogens is 268 g/mol. The van der Waals surface area contributed by atoms with Gasteiger partial charge in [-0.1, -0.05) is 11.8 Å². The van der Waals surface area contributed by atoms with Crippen LogP contribution in [-0.4, -0.2) is 22.0 Å². The molecule has 2 heterocycles. The van der Waals surface area contributed by atoms with Crippen LogP contribution < -0.4 is 5.56 Å². The van der Waals surface area contributed by atoms with Crippen molar-refractivity contribution in [3.63, 3.8) is 0 Å². The summed E-state index contributed by atoms with van der Waals surface area (Å²) in [4.78, 5) is 31.8. The molecule has 0 saturated heterocycles. The Morgan fingerprint density at radius 3 is 3.06 bits per heavy atom. The van der Waals surface area contributed by atoms with Gasteiger partial charge in [-0.3, -0.25) is 4.79 Å². The highest BCUT2D eigenvalue weighted by molar-refractivity contribution is 7.99. The number of rotatable bonds is 3. The zero-order valence-electron chi connectivity index (χ0n) is 9.69. The van der Waals surface area contributed by atoms with Crippen molar-refractivity contribution in [1.29, 1.82) is 0 Å². The number of aldehydes is 1. The third-order valence-corrected chi connectivity index (χ3v) is 5.05. The number of hydrogen-bond donors (Lipinski definition) is 1. The maximum atomic E-state index is 12.1. The summed E-state index contributed by atoms with van der Waals surface area (Å²) in [5, 5.41) is 1.31. The summed E-state index contributed by atoms with van der Waals surface area (Å²) < 4.78 is 0. The zero-order valence-corrected chi connectivity index (χ0v) is 11.3. The largest absolute Gasteiger partial charge is 0.302 e. The van der Waals surface area contributed by atoms with Crippen LogP contribution in [0.5, 0.6) is 0 Å². The molecular formula is C12H12N2O2S2. The monoisotopic (exact) mass is 280 g/mol. The fourth-order valence-electron chi connectivity index (χ4n) is 2.33. The smallest absolute Gasteiger partial charge is 0.260 e. The summed E-state index contributed by atoms with van der Waals surface area (Å²) in [5.74, 6) is 0.319. The quantitative estimate of drug-likeness (QED) is 0.531. The lowest BCUT2D eigenvalue weighted by molar-refractivity contribution is -0.105. The van der Waals surface area contributed by atoms with Crippen LogP contribution in [0.15, 0.2) is 9.95 Å². The van der Waals surface area contributed by atoms with Gasteiger partial charge in [0, 0.05) is 4.88 Å². The van der Waals surface area contributed by atoms with E-state index < -0.39 is 0 Å². The van der Waals surface area contributed by atoms with Crippen LogP contribution in [-0.2, 0) is 17.6 Å². The molecule has 1 N–H and O–H groups in total. The molecule has 2 aromatic heterocycles. The predicted molar refractivity (Wildman–Crippen MR) is 73.7 cm³/mol. The Labute approximate surface area is 112 Å². The van der Waals surface area contributed by atoms with Crippen molar-refractivity contribution in [2.45, 2.75) is 30.8 Å². The normalized spacial score (nSPS) is 14.7. The minimum atomic E-state index is -0.0622. The number of aromatic amines is 1. The third-order valence-electron chi connectivity index (χ3n) is 3.09. The van der Waals surface area contributed by atoms with Crippen LogP contribution in [0.1, 0.15) is 23.3 Å². The zero-order chi connectivity index (χ0) is 12.5. The second kappa shape index (κ2) is 4.85. The van der Waals surface area contributed by atoms with E-state index in [1.165, 1.54) is 28.6 Å². The molecule has 0 unspecified atom stereocenters. The predicted octanol–water partition coefficient (Wildman–Crippen LogP) is 2.15. The van der Waals surface area contributed by atoms with Gasteiger partial charge in [-0.15, -0.1) is 11.3 Å². The molecule has 18 heavy (non-hydrogen) atoms. The summed E-state index contributed by atoms with van der Waals surface area (Å²) in [6, 6.07) is 0. The molecule has 0 bridgehead atoms. The third kappa shape index (κ3) is 1.99. The number of H-pyrrole nitrogens is 1. The fraction of sp³-hybridized carbons (Fsp3) is 0.417. The van der Waals surface area contributed by atoms with Gasteiger partial charge < -0.3 is 9.78 Å². The molecule has 0 aromatic carbocycles. The van der Waals surface area contributed by atoms with E-state index in [1.54, 1.807) is 11.3 Å². The van der Waals surface area contributed by atoms with Gasteiger partial charge in [-0.25, -0.2) is 4.98 Å². The molecule has 94 valence electrons. The molecule has 3 rings (SSSR count). The number of carbonyl (C=O) groups excluding carboxylic acids is 1. The Kier molecular flexibility index (Phi) is 3.22. The van der Waals surface area contributed by atoms with Crippen molar-refractivity contribution in [2.75, 3.05) is 5.75 Å². The van der Waals surface area contributed by atoms with Crippen LogP contribution >= 0.6 is 23.1 Å². The van der Waals surface area contributed by atoms with Gasteiger partial charge in [0.2, 0.25) is 0 Å². The molecule has 4 nitrogen and oxygen atoms in total. The van der Waals surface area contributed by atoms with E-state index in [-0.39, 0.29) is 5.56 Å². The molecule has 0 saturated carbocycles. The van der Waals surface area contributed by atoms with Crippen LogP contribution in [0.3, 0.4) is 0 Å². The minimum absolute atomic E-state index is 0.0622. The maximum absolute atomic E-state index is 12.1. The molecule has 0 spiro atoms. The van der Waals surface area contributed by atoms with Crippen molar-refractivity contribution in [3.8, 4) is 0 Å². The average Bonchev–Trinajstić information content (AvgIpc) is 2.74. The summed E-state index contributed by atoms with van der Waals surface area (Å²) in [5.41, 5.74) is 1.13. The van der Waals surface area contributed by atoms with Crippen molar-refractivity contribution in [3.05, 3.63) is 20.8 Å². The number of thioether (sulfide) groups is 1. The highest BCUT2D eigenvalue weighted by Crippen LogP contribution is 2.33. The number of nitrogens with one attached hydrogen (secondary N) is 1. The molecule has 0 aliphatic heterocycles. The molecule has 0 atom stereocenters. The van der Waals surface area contributed by atoms with E-state index in [0.29, 0.717) is 10.9 Å². The lowest BCUT2D eigenvalue weighted by Crippen LogP contribution is -2.11. The summed E-state index contributed by atoms with van der Waals surface area (Å²) in [6.45, 7) is 0. The van der Waals surface area contributed by atoms with Crippen LogP contribution in [0.25, 0.3) is 10.2 Å². The van der Waals surface area contributed by atoms with Crippen LogP contribution in [0.2, 0.25) is 0 Å². The number of fused-ring (bicyclic) bond motifs is 3. The van der Waals surface area contributed by atoms with Crippen LogP contribution in [0.4, 0.5) is 0 Å². The lowest BCUT2D eigenvalue weighted by atomic mass is 9.97. The van der Waals surface area contributed by atoms with Crippen molar-refractivity contribution >= 4 is 39.6 Å². The first kappa shape index (κ1) is 11.9. The Balaban J connectivity index is 2.14.